The minimum Gasteiger partial charge on any atom is -0.669 e. The maximum atomic E-state index is 8.02. The summed E-state index contributed by atoms with van der Waals surface area (Å²) in [6.07, 6.45) is 0. The largest absolute Gasteiger partial charge is 2.00 e. The first-order valence-corrected chi connectivity index (χ1v) is 4.60. The average molecular weight is 288 g/mol. The Morgan fingerprint density at radius 2 is 1.60 bits per heavy atom. The third-order valence-electron chi connectivity index (χ3n) is 2.18. The average Bonchev–Trinajstić information content (AvgIpc) is 2.30. The molecule has 0 aliphatic rings. The second-order valence-electron chi connectivity index (χ2n) is 3.16. The van der Waals surface area contributed by atoms with Crippen molar-refractivity contribution in [3.8, 4) is 0 Å². The maximum Gasteiger partial charge on any atom is 2.00 e. The quantitative estimate of drug-likeness (QED) is 0.595. The molecule has 0 aliphatic carbocycles. The van der Waals surface area contributed by atoms with Crippen molar-refractivity contribution >= 4 is 0 Å². The van der Waals surface area contributed by atoms with Crippen molar-refractivity contribution < 1.29 is 20.4 Å². The summed E-state index contributed by atoms with van der Waals surface area (Å²) in [4.78, 5) is 0. The van der Waals surface area contributed by atoms with Gasteiger partial charge in [0.1, 0.15) is 0 Å². The minimum atomic E-state index is -0.322. The molecule has 0 aliphatic heterocycles. The van der Waals surface area contributed by atoms with Crippen LogP contribution in [0.15, 0.2) is 54.6 Å². The van der Waals surface area contributed by atoms with Gasteiger partial charge >= 0.3 is 20.4 Å². The predicted molar refractivity (Wildman–Crippen MR) is 57.9 cm³/mol. The first kappa shape index (κ1) is 12.1. The fraction of sp³-hybridized carbons (Fsp3) is 0.0769. The number of benzene rings is 2. The van der Waals surface area contributed by atoms with Crippen LogP contribution in [0.2, 0.25) is 0 Å². The molecule has 0 saturated carbocycles. The summed E-state index contributed by atoms with van der Waals surface area (Å²) in [6, 6.07) is 20.2. The van der Waals surface area contributed by atoms with E-state index in [1.54, 1.807) is 0 Å². The van der Waals surface area contributed by atoms with Crippen molar-refractivity contribution in [2.45, 2.75) is 6.04 Å². The zero-order valence-corrected chi connectivity index (χ0v) is 9.64. The molecule has 2 aromatic carbocycles. The van der Waals surface area contributed by atoms with Crippen LogP contribution < -0.4 is 0 Å². The summed E-state index contributed by atoms with van der Waals surface area (Å²) in [5, 5.41) is 0. The van der Waals surface area contributed by atoms with Crippen molar-refractivity contribution in [2.75, 3.05) is 0 Å². The van der Waals surface area contributed by atoms with Crippen molar-refractivity contribution in [3.05, 3.63) is 77.5 Å². The van der Waals surface area contributed by atoms with Crippen LogP contribution in [0.1, 0.15) is 17.2 Å². The molecule has 78 valence electrons. The molecular formula is C13H11NPd. The van der Waals surface area contributed by atoms with Gasteiger partial charge in [-0.15, -0.1) is 6.04 Å². The van der Waals surface area contributed by atoms with E-state index in [1.165, 1.54) is 0 Å². The molecule has 1 N–H and O–H groups in total. The molecule has 0 amide bonds. The van der Waals surface area contributed by atoms with E-state index in [0.717, 1.165) is 11.1 Å². The molecule has 15 heavy (non-hydrogen) atoms. The van der Waals surface area contributed by atoms with Crippen LogP contribution in [-0.2, 0) is 20.4 Å². The zero-order valence-electron chi connectivity index (χ0n) is 8.09. The molecule has 0 bridgehead atoms. The van der Waals surface area contributed by atoms with Gasteiger partial charge in [0, 0.05) is 0 Å². The molecule has 0 aromatic heterocycles. The third kappa shape index (κ3) is 3.01. The molecule has 0 radical (unpaired) electrons. The Morgan fingerprint density at radius 3 is 2.20 bits per heavy atom. The van der Waals surface area contributed by atoms with Crippen LogP contribution in [0.4, 0.5) is 0 Å². The van der Waals surface area contributed by atoms with Crippen molar-refractivity contribution in [2.24, 2.45) is 0 Å². The summed E-state index contributed by atoms with van der Waals surface area (Å²) in [6.45, 7) is 0. The molecule has 1 nitrogen and oxygen atoms in total. The molecule has 0 fully saturated rings. The normalized spacial score (nSPS) is 11.5. The van der Waals surface area contributed by atoms with Crippen LogP contribution in [0.25, 0.3) is 5.73 Å². The number of rotatable bonds is 2. The van der Waals surface area contributed by atoms with E-state index in [9.17, 15) is 0 Å². The topological polar surface area (TPSA) is 23.8 Å². The first-order chi connectivity index (χ1) is 6.88. The maximum absolute atomic E-state index is 8.02. The van der Waals surface area contributed by atoms with Gasteiger partial charge in [-0.25, -0.2) is 0 Å². The van der Waals surface area contributed by atoms with E-state index < -0.39 is 0 Å². The molecular weight excluding hydrogens is 277 g/mol. The third-order valence-corrected chi connectivity index (χ3v) is 2.18. The Bertz CT molecular complexity index is 346. The Labute approximate surface area is 104 Å². The molecule has 0 heterocycles. The number of hydrogen-bond donors (Lipinski definition) is 0. The summed E-state index contributed by atoms with van der Waals surface area (Å²) in [5.41, 5.74) is 9.95. The Kier molecular flexibility index (Phi) is 4.71. The van der Waals surface area contributed by atoms with Crippen LogP contribution in [0, 0.1) is 6.07 Å². The van der Waals surface area contributed by atoms with E-state index in [-0.39, 0.29) is 26.5 Å². The first-order valence-electron chi connectivity index (χ1n) is 4.60. The van der Waals surface area contributed by atoms with E-state index in [4.69, 9.17) is 5.73 Å². The molecule has 2 rings (SSSR count). The van der Waals surface area contributed by atoms with Gasteiger partial charge in [0.2, 0.25) is 0 Å². The van der Waals surface area contributed by atoms with Crippen molar-refractivity contribution in [3.63, 3.8) is 0 Å². The summed E-state index contributed by atoms with van der Waals surface area (Å²) in [7, 11) is 0. The van der Waals surface area contributed by atoms with Gasteiger partial charge in [-0.2, -0.15) is 35.9 Å². The number of hydrogen-bond acceptors (Lipinski definition) is 0. The van der Waals surface area contributed by atoms with Gasteiger partial charge in [0.25, 0.3) is 0 Å². The Morgan fingerprint density at radius 1 is 0.933 bits per heavy atom. The molecule has 0 spiro atoms. The fourth-order valence-corrected chi connectivity index (χ4v) is 1.41. The van der Waals surface area contributed by atoms with Crippen molar-refractivity contribution in [1.82, 2.24) is 0 Å². The van der Waals surface area contributed by atoms with Gasteiger partial charge < -0.3 is 5.73 Å². The molecule has 0 saturated heterocycles. The minimum absolute atomic E-state index is 0. The number of nitrogens with one attached hydrogen (secondary N) is 1. The van der Waals surface area contributed by atoms with Crippen LogP contribution in [0.5, 0.6) is 0 Å². The monoisotopic (exact) mass is 287 g/mol. The van der Waals surface area contributed by atoms with Gasteiger partial charge in [-0.1, -0.05) is 35.9 Å². The summed E-state index contributed by atoms with van der Waals surface area (Å²) >= 11 is 0. The van der Waals surface area contributed by atoms with E-state index in [1.807, 2.05) is 54.6 Å². The Balaban J connectivity index is 0.00000112. The predicted octanol–water partition coefficient (Wildman–Crippen LogP) is 3.63. The van der Waals surface area contributed by atoms with E-state index >= 15 is 0 Å². The van der Waals surface area contributed by atoms with E-state index in [2.05, 4.69) is 6.07 Å². The standard InChI is InChI=1S/C13H11N.Pd/c14-13(11-7-3-1-4-8-11)12-9-5-2-6-10-12;/h1-9,13-14H;/q-2;+2. The van der Waals surface area contributed by atoms with E-state index in [0.29, 0.717) is 0 Å². The van der Waals surface area contributed by atoms with Gasteiger partial charge in [-0.3, -0.25) is 0 Å². The van der Waals surface area contributed by atoms with Crippen LogP contribution >= 0.6 is 0 Å². The Hall–Kier alpha value is -0.938. The summed E-state index contributed by atoms with van der Waals surface area (Å²) < 4.78 is 0. The van der Waals surface area contributed by atoms with Gasteiger partial charge in [0.15, 0.2) is 0 Å². The molecule has 1 atom stereocenters. The smallest absolute Gasteiger partial charge is 0.669 e. The zero-order chi connectivity index (χ0) is 9.80. The van der Waals surface area contributed by atoms with Gasteiger partial charge in [0.05, 0.1) is 0 Å². The molecule has 2 aromatic rings. The van der Waals surface area contributed by atoms with Crippen LogP contribution in [0.3, 0.4) is 0 Å². The SMILES string of the molecule is [NH-]C(c1[c-]cccc1)c1ccccc1.[Pd+2]. The van der Waals surface area contributed by atoms with Gasteiger partial charge in [-0.05, 0) is 0 Å². The second-order valence-corrected chi connectivity index (χ2v) is 3.16. The fourth-order valence-electron chi connectivity index (χ4n) is 1.41. The second kappa shape index (κ2) is 5.83. The van der Waals surface area contributed by atoms with Crippen molar-refractivity contribution in [1.29, 1.82) is 0 Å². The molecule has 2 heteroatoms. The molecule has 1 unspecified atom stereocenters. The van der Waals surface area contributed by atoms with Crippen LogP contribution in [-0.4, -0.2) is 0 Å². The summed E-state index contributed by atoms with van der Waals surface area (Å²) in [5.74, 6) is 0.